The molecule has 0 radical (unpaired) electrons. The van der Waals surface area contributed by atoms with Gasteiger partial charge in [-0.25, -0.2) is 0 Å². The van der Waals surface area contributed by atoms with Crippen LogP contribution in [0.15, 0.2) is 60.9 Å². The van der Waals surface area contributed by atoms with E-state index in [1.807, 2.05) is 59.4 Å². The van der Waals surface area contributed by atoms with Crippen LogP contribution in [-0.2, 0) is 0 Å². The van der Waals surface area contributed by atoms with Crippen LogP contribution in [0, 0.1) is 0 Å². The third-order valence-electron chi connectivity index (χ3n) is 4.34. The molecule has 0 aliphatic carbocycles. The van der Waals surface area contributed by atoms with Crippen LogP contribution in [0.1, 0.15) is 19.9 Å². The SMILES string of the molecule is C[C@@H](Nc1ccc2nnc(-c3ccccc3)n2n1)[C@H](C)n1cccn1. The van der Waals surface area contributed by atoms with E-state index in [4.69, 9.17) is 0 Å². The van der Waals surface area contributed by atoms with Crippen LogP contribution in [0.5, 0.6) is 0 Å². The van der Waals surface area contributed by atoms with Crippen molar-refractivity contribution in [1.82, 2.24) is 29.6 Å². The van der Waals surface area contributed by atoms with E-state index in [2.05, 4.69) is 39.6 Å². The molecule has 7 nitrogen and oxygen atoms in total. The van der Waals surface area contributed by atoms with Crippen molar-refractivity contribution in [2.45, 2.75) is 25.9 Å². The van der Waals surface area contributed by atoms with E-state index in [-0.39, 0.29) is 12.1 Å². The predicted octanol–water partition coefficient (Wildman–Crippen LogP) is 3.05. The zero-order chi connectivity index (χ0) is 17.2. The largest absolute Gasteiger partial charge is 0.364 e. The Morgan fingerprint density at radius 2 is 1.80 bits per heavy atom. The highest BCUT2D eigenvalue weighted by atomic mass is 15.4. The Morgan fingerprint density at radius 3 is 2.56 bits per heavy atom. The Labute approximate surface area is 145 Å². The first-order valence-electron chi connectivity index (χ1n) is 8.26. The number of rotatable bonds is 5. The minimum absolute atomic E-state index is 0.154. The zero-order valence-electron chi connectivity index (χ0n) is 14.1. The van der Waals surface area contributed by atoms with Crippen molar-refractivity contribution in [2.24, 2.45) is 0 Å². The van der Waals surface area contributed by atoms with E-state index in [0.717, 1.165) is 22.9 Å². The number of fused-ring (bicyclic) bond motifs is 1. The summed E-state index contributed by atoms with van der Waals surface area (Å²) in [5.41, 5.74) is 1.70. The van der Waals surface area contributed by atoms with Gasteiger partial charge in [-0.1, -0.05) is 30.3 Å². The quantitative estimate of drug-likeness (QED) is 0.608. The summed E-state index contributed by atoms with van der Waals surface area (Å²) < 4.78 is 3.70. The highest BCUT2D eigenvalue weighted by Gasteiger charge is 2.16. The molecule has 7 heteroatoms. The third-order valence-corrected chi connectivity index (χ3v) is 4.34. The van der Waals surface area contributed by atoms with Gasteiger partial charge in [-0.05, 0) is 32.0 Å². The molecule has 0 amide bonds. The molecule has 0 aliphatic rings. The lowest BCUT2D eigenvalue weighted by Gasteiger charge is -2.22. The fourth-order valence-electron chi connectivity index (χ4n) is 2.74. The Bertz CT molecular complexity index is 960. The smallest absolute Gasteiger partial charge is 0.185 e. The molecule has 3 aromatic heterocycles. The molecule has 4 rings (SSSR count). The van der Waals surface area contributed by atoms with Gasteiger partial charge >= 0.3 is 0 Å². The maximum atomic E-state index is 4.67. The van der Waals surface area contributed by atoms with Crippen molar-refractivity contribution in [2.75, 3.05) is 5.32 Å². The average Bonchev–Trinajstić information content (AvgIpc) is 3.31. The highest BCUT2D eigenvalue weighted by molar-refractivity contribution is 5.59. The fraction of sp³-hybridized carbons (Fsp3) is 0.222. The van der Waals surface area contributed by atoms with Crippen molar-refractivity contribution in [3.63, 3.8) is 0 Å². The third kappa shape index (κ3) is 2.96. The van der Waals surface area contributed by atoms with Crippen LogP contribution in [0.3, 0.4) is 0 Å². The van der Waals surface area contributed by atoms with Gasteiger partial charge in [0, 0.05) is 24.0 Å². The van der Waals surface area contributed by atoms with Gasteiger partial charge in [-0.15, -0.1) is 15.3 Å². The standard InChI is InChI=1S/C18H19N7/c1-13(14(2)24-12-6-11-19-24)20-16-9-10-17-21-22-18(25(17)23-16)15-7-4-3-5-8-15/h3-14H,1-2H3,(H,20,23)/t13-,14+/m1/s1. The Hall–Kier alpha value is -3.22. The summed E-state index contributed by atoms with van der Waals surface area (Å²) in [5, 5.41) is 20.9. The molecule has 0 unspecified atom stereocenters. The molecular formula is C18H19N7. The number of benzene rings is 1. The molecule has 0 fully saturated rings. The van der Waals surface area contributed by atoms with Crippen molar-refractivity contribution in [1.29, 1.82) is 0 Å². The lowest BCUT2D eigenvalue weighted by atomic mass is 10.2. The van der Waals surface area contributed by atoms with Crippen molar-refractivity contribution in [3.05, 3.63) is 60.9 Å². The summed E-state index contributed by atoms with van der Waals surface area (Å²) >= 11 is 0. The number of hydrogen-bond donors (Lipinski definition) is 1. The number of hydrogen-bond acceptors (Lipinski definition) is 5. The van der Waals surface area contributed by atoms with E-state index in [0.29, 0.717) is 0 Å². The Balaban J connectivity index is 1.63. The molecule has 0 saturated heterocycles. The number of nitrogens with one attached hydrogen (secondary N) is 1. The second-order valence-electron chi connectivity index (χ2n) is 6.04. The van der Waals surface area contributed by atoms with Crippen LogP contribution < -0.4 is 5.32 Å². The first-order chi connectivity index (χ1) is 12.2. The monoisotopic (exact) mass is 333 g/mol. The van der Waals surface area contributed by atoms with Gasteiger partial charge < -0.3 is 5.32 Å². The fourth-order valence-corrected chi connectivity index (χ4v) is 2.74. The second-order valence-corrected chi connectivity index (χ2v) is 6.04. The van der Waals surface area contributed by atoms with E-state index in [9.17, 15) is 0 Å². The Kier molecular flexibility index (Phi) is 3.89. The van der Waals surface area contributed by atoms with E-state index < -0.39 is 0 Å². The molecular weight excluding hydrogens is 314 g/mol. The normalized spacial score (nSPS) is 13.7. The van der Waals surface area contributed by atoms with E-state index >= 15 is 0 Å². The summed E-state index contributed by atoms with van der Waals surface area (Å²) in [4.78, 5) is 0. The lowest BCUT2D eigenvalue weighted by molar-refractivity contribution is 0.442. The van der Waals surface area contributed by atoms with Crippen molar-refractivity contribution >= 4 is 11.5 Å². The topological polar surface area (TPSA) is 72.9 Å². The molecule has 2 atom stereocenters. The van der Waals surface area contributed by atoms with Crippen LogP contribution in [0.2, 0.25) is 0 Å². The Morgan fingerprint density at radius 1 is 0.960 bits per heavy atom. The summed E-state index contributed by atoms with van der Waals surface area (Å²) in [6.07, 6.45) is 3.75. The molecule has 1 N–H and O–H groups in total. The summed E-state index contributed by atoms with van der Waals surface area (Å²) in [6.45, 7) is 4.24. The second kappa shape index (κ2) is 6.35. The lowest BCUT2D eigenvalue weighted by Crippen LogP contribution is -2.27. The molecule has 25 heavy (non-hydrogen) atoms. The van der Waals surface area contributed by atoms with Crippen molar-refractivity contribution in [3.8, 4) is 11.4 Å². The summed E-state index contributed by atoms with van der Waals surface area (Å²) in [5.74, 6) is 1.50. The van der Waals surface area contributed by atoms with Crippen LogP contribution >= 0.6 is 0 Å². The highest BCUT2D eigenvalue weighted by Crippen LogP contribution is 2.19. The van der Waals surface area contributed by atoms with Crippen LogP contribution in [-0.4, -0.2) is 35.6 Å². The van der Waals surface area contributed by atoms with E-state index in [1.165, 1.54) is 0 Å². The number of anilines is 1. The van der Waals surface area contributed by atoms with Crippen LogP contribution in [0.25, 0.3) is 17.0 Å². The maximum absolute atomic E-state index is 4.67. The molecule has 3 heterocycles. The van der Waals surface area contributed by atoms with Gasteiger partial charge in [0.15, 0.2) is 11.5 Å². The average molecular weight is 333 g/mol. The van der Waals surface area contributed by atoms with Gasteiger partial charge in [0.2, 0.25) is 0 Å². The molecule has 0 spiro atoms. The van der Waals surface area contributed by atoms with Gasteiger partial charge in [-0.3, -0.25) is 4.68 Å². The number of aromatic nitrogens is 6. The predicted molar refractivity (Wildman–Crippen MR) is 96.2 cm³/mol. The summed E-state index contributed by atoms with van der Waals surface area (Å²) in [6, 6.07) is 16.1. The molecule has 0 aliphatic heterocycles. The number of nitrogens with zero attached hydrogens (tertiary/aromatic N) is 6. The van der Waals surface area contributed by atoms with Crippen LogP contribution in [0.4, 0.5) is 5.82 Å². The molecule has 0 bridgehead atoms. The van der Waals surface area contributed by atoms with Gasteiger partial charge in [-0.2, -0.15) is 9.61 Å². The molecule has 0 saturated carbocycles. The molecule has 126 valence electrons. The first kappa shape index (κ1) is 15.3. The van der Waals surface area contributed by atoms with Gasteiger partial charge in [0.05, 0.1) is 6.04 Å². The minimum Gasteiger partial charge on any atom is -0.364 e. The van der Waals surface area contributed by atoms with Crippen molar-refractivity contribution < 1.29 is 0 Å². The maximum Gasteiger partial charge on any atom is 0.185 e. The van der Waals surface area contributed by atoms with Gasteiger partial charge in [0.25, 0.3) is 0 Å². The van der Waals surface area contributed by atoms with Gasteiger partial charge in [0.1, 0.15) is 5.82 Å². The van der Waals surface area contributed by atoms with E-state index in [1.54, 1.807) is 10.7 Å². The summed E-state index contributed by atoms with van der Waals surface area (Å²) in [7, 11) is 0. The minimum atomic E-state index is 0.154. The zero-order valence-corrected chi connectivity index (χ0v) is 14.1. The molecule has 4 aromatic rings. The molecule has 1 aromatic carbocycles. The first-order valence-corrected chi connectivity index (χ1v) is 8.26.